The van der Waals surface area contributed by atoms with Crippen LogP contribution in [0.5, 0.6) is 0 Å². The number of hydrogen-bond acceptors (Lipinski definition) is 3. The Morgan fingerprint density at radius 3 is 2.88 bits per heavy atom. The van der Waals surface area contributed by atoms with Crippen LogP contribution in [0.15, 0.2) is 29.2 Å². The summed E-state index contributed by atoms with van der Waals surface area (Å²) in [4.78, 5) is 14.9. The van der Waals surface area contributed by atoms with Crippen LogP contribution < -0.4 is 10.6 Å². The van der Waals surface area contributed by atoms with E-state index in [0.717, 1.165) is 36.8 Å². The standard InChI is InChI=1S/C12H17N3OS/c1-17-11-4-2-3-10(9-11)14-12(16)15-7-5-13-6-8-15/h2-4,9,13H,5-8H2,1H3,(H,14,16). The van der Waals surface area contributed by atoms with Gasteiger partial charge in [-0.15, -0.1) is 11.8 Å². The molecule has 2 rings (SSSR count). The molecule has 1 aromatic rings. The molecule has 0 aromatic heterocycles. The van der Waals surface area contributed by atoms with E-state index < -0.39 is 0 Å². The van der Waals surface area contributed by atoms with Crippen LogP contribution in [-0.2, 0) is 0 Å². The number of carbonyl (C=O) groups excluding carboxylic acids is 1. The highest BCUT2D eigenvalue weighted by atomic mass is 32.2. The largest absolute Gasteiger partial charge is 0.322 e. The van der Waals surface area contributed by atoms with Crippen molar-refractivity contribution >= 4 is 23.5 Å². The Kier molecular flexibility index (Phi) is 4.28. The molecule has 4 nitrogen and oxygen atoms in total. The van der Waals surface area contributed by atoms with Crippen LogP contribution in [-0.4, -0.2) is 43.4 Å². The van der Waals surface area contributed by atoms with E-state index in [-0.39, 0.29) is 6.03 Å². The van der Waals surface area contributed by atoms with Gasteiger partial charge in [-0.25, -0.2) is 4.79 Å². The molecule has 0 atom stereocenters. The van der Waals surface area contributed by atoms with Crippen molar-refractivity contribution in [2.75, 3.05) is 37.8 Å². The fraction of sp³-hybridized carbons (Fsp3) is 0.417. The van der Waals surface area contributed by atoms with Crippen molar-refractivity contribution in [1.29, 1.82) is 0 Å². The Morgan fingerprint density at radius 1 is 1.41 bits per heavy atom. The summed E-state index contributed by atoms with van der Waals surface area (Å²) in [5.41, 5.74) is 0.861. The van der Waals surface area contributed by atoms with E-state index in [1.807, 2.05) is 35.4 Å². The van der Waals surface area contributed by atoms with Crippen LogP contribution >= 0.6 is 11.8 Å². The van der Waals surface area contributed by atoms with Crippen molar-refractivity contribution in [2.45, 2.75) is 4.90 Å². The zero-order valence-electron chi connectivity index (χ0n) is 9.90. The first-order valence-electron chi connectivity index (χ1n) is 5.70. The van der Waals surface area contributed by atoms with Gasteiger partial charge in [0.15, 0.2) is 0 Å². The van der Waals surface area contributed by atoms with Crippen LogP contribution in [0, 0.1) is 0 Å². The number of piperazine rings is 1. The van der Waals surface area contributed by atoms with Gasteiger partial charge in [0.25, 0.3) is 0 Å². The third kappa shape index (κ3) is 3.38. The number of hydrogen-bond donors (Lipinski definition) is 2. The van der Waals surface area contributed by atoms with Gasteiger partial charge in [-0.3, -0.25) is 0 Å². The molecular weight excluding hydrogens is 234 g/mol. The normalized spacial score (nSPS) is 15.7. The lowest BCUT2D eigenvalue weighted by atomic mass is 10.3. The van der Waals surface area contributed by atoms with Crippen molar-refractivity contribution in [1.82, 2.24) is 10.2 Å². The minimum Gasteiger partial charge on any atom is -0.322 e. The molecule has 1 saturated heterocycles. The topological polar surface area (TPSA) is 44.4 Å². The highest BCUT2D eigenvalue weighted by Gasteiger charge is 2.15. The number of thioether (sulfide) groups is 1. The van der Waals surface area contributed by atoms with Crippen LogP contribution in [0.25, 0.3) is 0 Å². The first kappa shape index (κ1) is 12.3. The first-order valence-corrected chi connectivity index (χ1v) is 6.93. The van der Waals surface area contributed by atoms with E-state index in [9.17, 15) is 4.79 Å². The van der Waals surface area contributed by atoms with E-state index in [4.69, 9.17) is 0 Å². The summed E-state index contributed by atoms with van der Waals surface area (Å²) >= 11 is 1.67. The summed E-state index contributed by atoms with van der Waals surface area (Å²) in [7, 11) is 0. The van der Waals surface area contributed by atoms with Gasteiger partial charge in [0.1, 0.15) is 0 Å². The smallest absolute Gasteiger partial charge is 0.321 e. The fourth-order valence-corrected chi connectivity index (χ4v) is 2.23. The molecule has 1 heterocycles. The van der Waals surface area contributed by atoms with Crippen LogP contribution in [0.2, 0.25) is 0 Å². The Balaban J connectivity index is 1.96. The summed E-state index contributed by atoms with van der Waals surface area (Å²) in [5, 5.41) is 6.16. The molecule has 0 bridgehead atoms. The number of benzene rings is 1. The van der Waals surface area contributed by atoms with Gasteiger partial charge in [0.2, 0.25) is 0 Å². The molecule has 0 aliphatic carbocycles. The Bertz CT molecular complexity index is 391. The van der Waals surface area contributed by atoms with Gasteiger partial charge < -0.3 is 15.5 Å². The van der Waals surface area contributed by atoms with Gasteiger partial charge in [0.05, 0.1) is 0 Å². The zero-order valence-corrected chi connectivity index (χ0v) is 10.7. The van der Waals surface area contributed by atoms with Crippen molar-refractivity contribution in [2.24, 2.45) is 0 Å². The van der Waals surface area contributed by atoms with Gasteiger partial charge in [-0.1, -0.05) is 6.07 Å². The second kappa shape index (κ2) is 5.93. The molecule has 2 amide bonds. The van der Waals surface area contributed by atoms with Gasteiger partial charge in [-0.05, 0) is 24.5 Å². The molecule has 0 unspecified atom stereocenters. The molecule has 5 heteroatoms. The van der Waals surface area contributed by atoms with Crippen LogP contribution in [0.3, 0.4) is 0 Å². The van der Waals surface area contributed by atoms with E-state index in [2.05, 4.69) is 10.6 Å². The van der Waals surface area contributed by atoms with Gasteiger partial charge >= 0.3 is 6.03 Å². The van der Waals surface area contributed by atoms with Crippen LogP contribution in [0.4, 0.5) is 10.5 Å². The number of anilines is 1. The monoisotopic (exact) mass is 251 g/mol. The lowest BCUT2D eigenvalue weighted by Gasteiger charge is -2.27. The van der Waals surface area contributed by atoms with Gasteiger partial charge in [0, 0.05) is 36.8 Å². The lowest BCUT2D eigenvalue weighted by Crippen LogP contribution is -2.48. The minimum absolute atomic E-state index is 0.00949. The van der Waals surface area contributed by atoms with Crippen molar-refractivity contribution in [3.63, 3.8) is 0 Å². The number of carbonyl (C=O) groups is 1. The highest BCUT2D eigenvalue weighted by molar-refractivity contribution is 7.98. The average Bonchev–Trinajstić information content (AvgIpc) is 2.40. The summed E-state index contributed by atoms with van der Waals surface area (Å²) < 4.78 is 0. The quantitative estimate of drug-likeness (QED) is 0.788. The first-order chi connectivity index (χ1) is 8.29. The minimum atomic E-state index is -0.00949. The Morgan fingerprint density at radius 2 is 2.18 bits per heavy atom. The molecule has 92 valence electrons. The third-order valence-electron chi connectivity index (χ3n) is 2.73. The average molecular weight is 251 g/mol. The molecule has 1 aliphatic rings. The fourth-order valence-electron chi connectivity index (χ4n) is 1.77. The summed E-state index contributed by atoms with van der Waals surface area (Å²) in [6, 6.07) is 7.89. The van der Waals surface area contributed by atoms with E-state index in [1.165, 1.54) is 0 Å². The Hall–Kier alpha value is -1.20. The second-order valence-electron chi connectivity index (χ2n) is 3.90. The molecular formula is C12H17N3OS. The molecule has 1 fully saturated rings. The zero-order chi connectivity index (χ0) is 12.1. The lowest BCUT2D eigenvalue weighted by molar-refractivity contribution is 0.204. The Labute approximate surface area is 106 Å². The van der Waals surface area contributed by atoms with E-state index >= 15 is 0 Å². The van der Waals surface area contributed by atoms with Crippen molar-refractivity contribution < 1.29 is 4.79 Å². The summed E-state index contributed by atoms with van der Waals surface area (Å²) in [5.74, 6) is 0. The molecule has 1 aliphatic heterocycles. The number of amides is 2. The maximum Gasteiger partial charge on any atom is 0.321 e. The highest BCUT2D eigenvalue weighted by Crippen LogP contribution is 2.19. The molecule has 2 N–H and O–H groups in total. The molecule has 0 spiro atoms. The predicted molar refractivity (Wildman–Crippen MR) is 71.7 cm³/mol. The SMILES string of the molecule is CSc1cccc(NC(=O)N2CCNCC2)c1. The number of nitrogens with one attached hydrogen (secondary N) is 2. The van der Waals surface area contributed by atoms with E-state index in [0.29, 0.717) is 0 Å². The maximum absolute atomic E-state index is 11.9. The molecule has 0 radical (unpaired) electrons. The molecule has 0 saturated carbocycles. The second-order valence-corrected chi connectivity index (χ2v) is 4.78. The predicted octanol–water partition coefficient (Wildman–Crippen LogP) is 1.85. The van der Waals surface area contributed by atoms with Crippen molar-refractivity contribution in [3.05, 3.63) is 24.3 Å². The van der Waals surface area contributed by atoms with Crippen LogP contribution in [0.1, 0.15) is 0 Å². The van der Waals surface area contributed by atoms with E-state index in [1.54, 1.807) is 11.8 Å². The maximum atomic E-state index is 11.9. The number of rotatable bonds is 2. The van der Waals surface area contributed by atoms with Crippen molar-refractivity contribution in [3.8, 4) is 0 Å². The van der Waals surface area contributed by atoms with Gasteiger partial charge in [-0.2, -0.15) is 0 Å². The summed E-state index contributed by atoms with van der Waals surface area (Å²) in [6.07, 6.45) is 2.03. The molecule has 1 aromatic carbocycles. The number of urea groups is 1. The molecule has 17 heavy (non-hydrogen) atoms. The third-order valence-corrected chi connectivity index (χ3v) is 3.45. The summed E-state index contributed by atoms with van der Waals surface area (Å²) in [6.45, 7) is 3.29. The number of nitrogens with zero attached hydrogens (tertiary/aromatic N) is 1.